The first-order chi connectivity index (χ1) is 10.6. The topological polar surface area (TPSA) is 67.9 Å². The molecule has 2 aliphatic heterocycles. The van der Waals surface area contributed by atoms with Gasteiger partial charge in [-0.15, -0.1) is 0 Å². The fraction of sp³-hybridized carbons (Fsp3) is 0.467. The Bertz CT molecular complexity index is 557. The fourth-order valence-corrected chi connectivity index (χ4v) is 2.57. The third-order valence-electron chi connectivity index (χ3n) is 3.74. The second-order valence-electron chi connectivity index (χ2n) is 5.34. The van der Waals surface area contributed by atoms with E-state index in [1.807, 2.05) is 0 Å². The van der Waals surface area contributed by atoms with Crippen LogP contribution in [0.15, 0.2) is 24.3 Å². The lowest BCUT2D eigenvalue weighted by Crippen LogP contribution is -2.40. The molecule has 1 aromatic rings. The number of anilines is 1. The molecule has 2 unspecified atom stereocenters. The summed E-state index contributed by atoms with van der Waals surface area (Å²) in [6.07, 6.45) is 0.281. The zero-order valence-corrected chi connectivity index (χ0v) is 12.0. The van der Waals surface area contributed by atoms with E-state index >= 15 is 0 Å². The zero-order chi connectivity index (χ0) is 15.5. The molecule has 7 heteroatoms. The van der Waals surface area contributed by atoms with Gasteiger partial charge in [0.15, 0.2) is 0 Å². The van der Waals surface area contributed by atoms with Gasteiger partial charge < -0.3 is 14.8 Å². The number of hydrogen-bond donors (Lipinski definition) is 1. The van der Waals surface area contributed by atoms with Crippen LogP contribution in [0.5, 0.6) is 0 Å². The molecule has 2 heterocycles. The van der Waals surface area contributed by atoms with Gasteiger partial charge in [-0.1, -0.05) is 0 Å². The molecule has 6 nitrogen and oxygen atoms in total. The van der Waals surface area contributed by atoms with E-state index in [9.17, 15) is 14.0 Å². The molecule has 3 rings (SSSR count). The largest absolute Gasteiger partial charge is 0.442 e. The van der Waals surface area contributed by atoms with Crippen LogP contribution in [-0.2, 0) is 14.3 Å². The standard InChI is InChI=1S/C15H17FN2O4/c16-10-3-5-11(6-4-10)18-9-12(22-15(18)20)8-17-14(19)13-2-1-7-21-13/h3-6,12-13H,1-2,7-9H2,(H,17,19). The molecule has 1 N–H and O–H groups in total. The first kappa shape index (κ1) is 14.8. The van der Waals surface area contributed by atoms with Gasteiger partial charge in [0, 0.05) is 12.3 Å². The third-order valence-corrected chi connectivity index (χ3v) is 3.74. The highest BCUT2D eigenvalue weighted by Gasteiger charge is 2.33. The SMILES string of the molecule is O=C(NCC1CN(c2ccc(F)cc2)C(=O)O1)C1CCCO1. The normalized spacial score (nSPS) is 24.4. The Labute approximate surface area is 127 Å². The maximum Gasteiger partial charge on any atom is 0.414 e. The van der Waals surface area contributed by atoms with Crippen LogP contribution in [0.1, 0.15) is 12.8 Å². The quantitative estimate of drug-likeness (QED) is 0.914. The highest BCUT2D eigenvalue weighted by molar-refractivity contribution is 5.89. The van der Waals surface area contributed by atoms with E-state index in [0.717, 1.165) is 12.8 Å². The summed E-state index contributed by atoms with van der Waals surface area (Å²) in [5, 5.41) is 2.74. The monoisotopic (exact) mass is 308 g/mol. The molecule has 1 aromatic carbocycles. The molecular weight excluding hydrogens is 291 g/mol. The Kier molecular flexibility index (Phi) is 4.24. The van der Waals surface area contributed by atoms with Gasteiger partial charge in [-0.25, -0.2) is 9.18 Å². The number of nitrogens with zero attached hydrogens (tertiary/aromatic N) is 1. The third kappa shape index (κ3) is 3.19. The van der Waals surface area contributed by atoms with E-state index in [4.69, 9.17) is 9.47 Å². The number of cyclic esters (lactones) is 1. The molecule has 2 aliphatic rings. The lowest BCUT2D eigenvalue weighted by atomic mass is 10.2. The predicted molar refractivity (Wildman–Crippen MR) is 76.0 cm³/mol. The first-order valence-electron chi connectivity index (χ1n) is 7.26. The van der Waals surface area contributed by atoms with E-state index in [1.165, 1.54) is 29.2 Å². The van der Waals surface area contributed by atoms with Crippen molar-refractivity contribution in [1.82, 2.24) is 5.32 Å². The average Bonchev–Trinajstić information content (AvgIpc) is 3.15. The van der Waals surface area contributed by atoms with Crippen LogP contribution in [0, 0.1) is 5.82 Å². The Morgan fingerprint density at radius 2 is 2.14 bits per heavy atom. The highest BCUT2D eigenvalue weighted by Crippen LogP contribution is 2.21. The van der Waals surface area contributed by atoms with Gasteiger partial charge >= 0.3 is 6.09 Å². The van der Waals surface area contributed by atoms with Gasteiger partial charge in [-0.05, 0) is 37.1 Å². The average molecular weight is 308 g/mol. The minimum atomic E-state index is -0.497. The maximum atomic E-state index is 12.9. The van der Waals surface area contributed by atoms with E-state index in [1.54, 1.807) is 0 Å². The lowest BCUT2D eigenvalue weighted by Gasteiger charge is -2.14. The summed E-state index contributed by atoms with van der Waals surface area (Å²) in [6, 6.07) is 5.61. The van der Waals surface area contributed by atoms with E-state index in [-0.39, 0.29) is 18.3 Å². The number of nitrogens with one attached hydrogen (secondary N) is 1. The number of amides is 2. The van der Waals surface area contributed by atoms with Gasteiger partial charge in [0.2, 0.25) is 5.91 Å². The van der Waals surface area contributed by atoms with Crippen LogP contribution in [-0.4, -0.2) is 43.9 Å². The zero-order valence-electron chi connectivity index (χ0n) is 12.0. The van der Waals surface area contributed by atoms with Gasteiger partial charge in [0.1, 0.15) is 18.0 Å². The van der Waals surface area contributed by atoms with Crippen molar-refractivity contribution < 1.29 is 23.5 Å². The Morgan fingerprint density at radius 1 is 1.36 bits per heavy atom. The summed E-state index contributed by atoms with van der Waals surface area (Å²) >= 11 is 0. The molecule has 2 atom stereocenters. The fourth-order valence-electron chi connectivity index (χ4n) is 2.57. The van der Waals surface area contributed by atoms with Crippen LogP contribution in [0.4, 0.5) is 14.9 Å². The molecule has 0 aliphatic carbocycles. The van der Waals surface area contributed by atoms with Crippen molar-refractivity contribution in [2.75, 3.05) is 24.6 Å². The molecule has 2 fully saturated rings. The number of carbonyl (C=O) groups is 2. The first-order valence-corrected chi connectivity index (χ1v) is 7.26. The Hall–Kier alpha value is -2.15. The summed E-state index contributed by atoms with van der Waals surface area (Å²) < 4.78 is 23.4. The molecule has 118 valence electrons. The number of benzene rings is 1. The lowest BCUT2D eigenvalue weighted by molar-refractivity contribution is -0.130. The summed E-state index contributed by atoms with van der Waals surface area (Å²) in [7, 11) is 0. The van der Waals surface area contributed by atoms with Crippen molar-refractivity contribution in [3.8, 4) is 0 Å². The minimum Gasteiger partial charge on any atom is -0.442 e. The number of carbonyl (C=O) groups excluding carboxylic acids is 2. The summed E-state index contributed by atoms with van der Waals surface area (Å²) in [4.78, 5) is 25.1. The molecule has 2 saturated heterocycles. The molecule has 0 bridgehead atoms. The van der Waals surface area contributed by atoms with Crippen molar-refractivity contribution in [3.05, 3.63) is 30.1 Å². The predicted octanol–water partition coefficient (Wildman–Crippen LogP) is 1.45. The second-order valence-corrected chi connectivity index (χ2v) is 5.34. The van der Waals surface area contributed by atoms with Crippen molar-refractivity contribution in [1.29, 1.82) is 0 Å². The van der Waals surface area contributed by atoms with Crippen LogP contribution >= 0.6 is 0 Å². The molecular formula is C15H17FN2O4. The summed E-state index contributed by atoms with van der Waals surface area (Å²) in [5.74, 6) is -0.537. The highest BCUT2D eigenvalue weighted by atomic mass is 19.1. The second kappa shape index (κ2) is 6.31. The van der Waals surface area contributed by atoms with Crippen LogP contribution in [0.2, 0.25) is 0 Å². The van der Waals surface area contributed by atoms with Gasteiger partial charge in [-0.3, -0.25) is 9.69 Å². The molecule has 0 saturated carbocycles. The molecule has 22 heavy (non-hydrogen) atoms. The summed E-state index contributed by atoms with van der Waals surface area (Å²) in [6.45, 7) is 1.16. The van der Waals surface area contributed by atoms with E-state index < -0.39 is 18.3 Å². The Balaban J connectivity index is 1.53. The van der Waals surface area contributed by atoms with E-state index in [2.05, 4.69) is 5.32 Å². The van der Waals surface area contributed by atoms with Gasteiger partial charge in [0.05, 0.1) is 13.1 Å². The molecule has 0 spiro atoms. The maximum absolute atomic E-state index is 12.9. The van der Waals surface area contributed by atoms with Crippen LogP contribution in [0.25, 0.3) is 0 Å². The smallest absolute Gasteiger partial charge is 0.414 e. The van der Waals surface area contributed by atoms with Gasteiger partial charge in [0.25, 0.3) is 0 Å². The molecule has 0 aromatic heterocycles. The van der Waals surface area contributed by atoms with E-state index in [0.29, 0.717) is 18.8 Å². The van der Waals surface area contributed by atoms with Crippen molar-refractivity contribution in [2.45, 2.75) is 25.0 Å². The van der Waals surface area contributed by atoms with Crippen molar-refractivity contribution in [3.63, 3.8) is 0 Å². The minimum absolute atomic E-state index is 0.172. The van der Waals surface area contributed by atoms with Crippen molar-refractivity contribution in [2.24, 2.45) is 0 Å². The number of hydrogen-bond acceptors (Lipinski definition) is 4. The van der Waals surface area contributed by atoms with Crippen molar-refractivity contribution >= 4 is 17.7 Å². The number of ether oxygens (including phenoxy) is 2. The van der Waals surface area contributed by atoms with Crippen LogP contribution in [0.3, 0.4) is 0 Å². The Morgan fingerprint density at radius 3 is 2.82 bits per heavy atom. The van der Waals surface area contributed by atoms with Crippen LogP contribution < -0.4 is 10.2 Å². The van der Waals surface area contributed by atoms with Gasteiger partial charge in [-0.2, -0.15) is 0 Å². The molecule has 0 radical (unpaired) electrons. The number of halogens is 1. The molecule has 2 amide bonds. The number of rotatable bonds is 4. The summed E-state index contributed by atoms with van der Waals surface area (Å²) in [5.41, 5.74) is 0.569.